The molecule has 0 saturated carbocycles. The minimum absolute atomic E-state index is 0.0944. The summed E-state index contributed by atoms with van der Waals surface area (Å²) in [6, 6.07) is 12.6. The first kappa shape index (κ1) is 15.9. The summed E-state index contributed by atoms with van der Waals surface area (Å²) in [6.07, 6.45) is 0. The molecule has 0 aliphatic heterocycles. The maximum absolute atomic E-state index is 12.0. The number of fused-ring (bicyclic) bond motifs is 1. The van der Waals surface area contributed by atoms with Crippen LogP contribution in [0, 0.1) is 6.92 Å². The highest BCUT2D eigenvalue weighted by Gasteiger charge is 2.10. The second-order valence-corrected chi connectivity index (χ2v) is 5.40. The zero-order valence-electron chi connectivity index (χ0n) is 13.5. The summed E-state index contributed by atoms with van der Waals surface area (Å²) >= 11 is 0. The van der Waals surface area contributed by atoms with Gasteiger partial charge in [-0.2, -0.15) is 0 Å². The molecule has 3 rings (SSSR count). The van der Waals surface area contributed by atoms with Crippen LogP contribution in [0.1, 0.15) is 12.5 Å². The van der Waals surface area contributed by atoms with E-state index in [2.05, 4.69) is 5.32 Å². The zero-order chi connectivity index (χ0) is 17.1. The summed E-state index contributed by atoms with van der Waals surface area (Å²) < 4.78 is 12.2. The van der Waals surface area contributed by atoms with Gasteiger partial charge in [0.2, 0.25) is 0 Å². The fraction of sp³-hybridized carbons (Fsp3) is 0.222. The number of oxazole rings is 1. The molecule has 0 radical (unpaired) electrons. The number of anilines is 1. The predicted octanol–water partition coefficient (Wildman–Crippen LogP) is 2.94. The Morgan fingerprint density at radius 2 is 2.04 bits per heavy atom. The smallest absolute Gasteiger partial charge is 0.419 e. The molecule has 0 unspecified atom stereocenters. The van der Waals surface area contributed by atoms with E-state index in [1.54, 1.807) is 18.2 Å². The first-order valence-electron chi connectivity index (χ1n) is 7.70. The van der Waals surface area contributed by atoms with Gasteiger partial charge in [0.25, 0.3) is 5.91 Å². The third kappa shape index (κ3) is 3.17. The molecule has 1 N–H and O–H groups in total. The summed E-state index contributed by atoms with van der Waals surface area (Å²) in [4.78, 5) is 23.7. The van der Waals surface area contributed by atoms with Crippen LogP contribution in [0.15, 0.2) is 51.7 Å². The molecule has 3 aromatic rings. The molecule has 0 spiro atoms. The SMILES string of the molecule is CCn1c(=O)oc2cc(NC(=O)COc3ccccc3C)ccc21. The number of aryl methyl sites for hydroxylation is 2. The van der Waals surface area contributed by atoms with Crippen molar-refractivity contribution < 1.29 is 13.9 Å². The molecule has 1 amide bonds. The van der Waals surface area contributed by atoms with E-state index >= 15 is 0 Å². The van der Waals surface area contributed by atoms with Crippen molar-refractivity contribution in [1.29, 1.82) is 0 Å². The summed E-state index contributed by atoms with van der Waals surface area (Å²) in [7, 11) is 0. The Labute approximate surface area is 138 Å². The topological polar surface area (TPSA) is 73.5 Å². The Balaban J connectivity index is 1.69. The van der Waals surface area contributed by atoms with E-state index in [1.165, 1.54) is 4.57 Å². The number of aromatic nitrogens is 1. The minimum Gasteiger partial charge on any atom is -0.483 e. The monoisotopic (exact) mass is 326 g/mol. The van der Waals surface area contributed by atoms with Crippen LogP contribution in [-0.2, 0) is 11.3 Å². The number of carbonyl (C=O) groups is 1. The molecule has 124 valence electrons. The van der Waals surface area contributed by atoms with Gasteiger partial charge in [-0.15, -0.1) is 0 Å². The van der Waals surface area contributed by atoms with Gasteiger partial charge in [-0.25, -0.2) is 4.79 Å². The Kier molecular flexibility index (Phi) is 4.37. The number of benzene rings is 2. The van der Waals surface area contributed by atoms with Crippen molar-refractivity contribution in [3.8, 4) is 5.75 Å². The number of hydrogen-bond acceptors (Lipinski definition) is 4. The highest BCUT2D eigenvalue weighted by molar-refractivity contribution is 5.93. The second kappa shape index (κ2) is 6.62. The first-order valence-corrected chi connectivity index (χ1v) is 7.70. The number of nitrogens with zero attached hydrogens (tertiary/aromatic N) is 1. The fourth-order valence-corrected chi connectivity index (χ4v) is 2.50. The third-order valence-electron chi connectivity index (χ3n) is 3.72. The molecule has 0 atom stereocenters. The number of hydrogen-bond donors (Lipinski definition) is 1. The third-order valence-corrected chi connectivity index (χ3v) is 3.72. The summed E-state index contributed by atoms with van der Waals surface area (Å²) in [5, 5.41) is 2.74. The molecule has 0 saturated heterocycles. The number of ether oxygens (including phenoxy) is 1. The highest BCUT2D eigenvalue weighted by atomic mass is 16.5. The van der Waals surface area contributed by atoms with Gasteiger partial charge in [0.15, 0.2) is 12.2 Å². The van der Waals surface area contributed by atoms with Gasteiger partial charge in [0.05, 0.1) is 5.52 Å². The van der Waals surface area contributed by atoms with E-state index in [0.717, 1.165) is 5.56 Å². The summed E-state index contributed by atoms with van der Waals surface area (Å²) in [5.74, 6) is -0.0112. The van der Waals surface area contributed by atoms with Gasteiger partial charge in [-0.3, -0.25) is 9.36 Å². The van der Waals surface area contributed by atoms with Crippen molar-refractivity contribution >= 4 is 22.7 Å². The van der Waals surface area contributed by atoms with E-state index in [9.17, 15) is 9.59 Å². The average Bonchev–Trinajstić information content (AvgIpc) is 2.88. The molecule has 1 aromatic heterocycles. The molecule has 0 bridgehead atoms. The number of para-hydroxylation sites is 1. The molecule has 0 fully saturated rings. The van der Waals surface area contributed by atoms with Crippen molar-refractivity contribution in [2.45, 2.75) is 20.4 Å². The number of amides is 1. The van der Waals surface area contributed by atoms with Crippen LogP contribution in [0.4, 0.5) is 5.69 Å². The van der Waals surface area contributed by atoms with Crippen LogP contribution in [0.5, 0.6) is 5.75 Å². The zero-order valence-corrected chi connectivity index (χ0v) is 13.5. The Hall–Kier alpha value is -3.02. The quantitative estimate of drug-likeness (QED) is 0.782. The minimum atomic E-state index is -0.404. The standard InChI is InChI=1S/C18H18N2O4/c1-3-20-14-9-8-13(10-16(14)24-18(20)22)19-17(21)11-23-15-7-5-4-6-12(15)2/h4-10H,3,11H2,1-2H3,(H,19,21). The molecule has 2 aromatic carbocycles. The fourth-order valence-electron chi connectivity index (χ4n) is 2.50. The van der Waals surface area contributed by atoms with Crippen molar-refractivity contribution in [3.05, 3.63) is 58.6 Å². The largest absolute Gasteiger partial charge is 0.483 e. The van der Waals surface area contributed by atoms with Crippen LogP contribution < -0.4 is 15.8 Å². The van der Waals surface area contributed by atoms with Gasteiger partial charge < -0.3 is 14.5 Å². The number of carbonyl (C=O) groups excluding carboxylic acids is 1. The molecular weight excluding hydrogens is 308 g/mol. The van der Waals surface area contributed by atoms with Crippen LogP contribution in [-0.4, -0.2) is 17.1 Å². The van der Waals surface area contributed by atoms with Gasteiger partial charge in [-0.05, 0) is 37.6 Å². The van der Waals surface area contributed by atoms with E-state index < -0.39 is 5.76 Å². The van der Waals surface area contributed by atoms with Crippen molar-refractivity contribution in [2.75, 3.05) is 11.9 Å². The van der Waals surface area contributed by atoms with E-state index in [0.29, 0.717) is 29.1 Å². The van der Waals surface area contributed by atoms with Gasteiger partial charge in [0.1, 0.15) is 5.75 Å². The van der Waals surface area contributed by atoms with Crippen LogP contribution >= 0.6 is 0 Å². The molecule has 0 aliphatic rings. The lowest BCUT2D eigenvalue weighted by atomic mass is 10.2. The van der Waals surface area contributed by atoms with Crippen molar-refractivity contribution in [3.63, 3.8) is 0 Å². The highest BCUT2D eigenvalue weighted by Crippen LogP contribution is 2.19. The van der Waals surface area contributed by atoms with E-state index in [4.69, 9.17) is 9.15 Å². The maximum atomic E-state index is 12.0. The summed E-state index contributed by atoms with van der Waals surface area (Å²) in [6.45, 7) is 4.22. The molecule has 6 heteroatoms. The van der Waals surface area contributed by atoms with Gasteiger partial charge >= 0.3 is 5.76 Å². The Bertz CT molecular complexity index is 940. The lowest BCUT2D eigenvalue weighted by Crippen LogP contribution is -2.20. The number of nitrogens with one attached hydrogen (secondary N) is 1. The van der Waals surface area contributed by atoms with Crippen molar-refractivity contribution in [1.82, 2.24) is 4.57 Å². The normalized spacial score (nSPS) is 10.8. The molecule has 24 heavy (non-hydrogen) atoms. The second-order valence-electron chi connectivity index (χ2n) is 5.40. The number of rotatable bonds is 5. The predicted molar refractivity (Wildman–Crippen MR) is 91.5 cm³/mol. The van der Waals surface area contributed by atoms with Crippen LogP contribution in [0.25, 0.3) is 11.1 Å². The maximum Gasteiger partial charge on any atom is 0.419 e. The average molecular weight is 326 g/mol. The van der Waals surface area contributed by atoms with Crippen LogP contribution in [0.3, 0.4) is 0 Å². The Morgan fingerprint density at radius 3 is 2.79 bits per heavy atom. The molecule has 6 nitrogen and oxygen atoms in total. The first-order chi connectivity index (χ1) is 11.6. The Morgan fingerprint density at radius 1 is 1.25 bits per heavy atom. The van der Waals surface area contributed by atoms with E-state index in [1.807, 2.05) is 38.1 Å². The van der Waals surface area contributed by atoms with Crippen LogP contribution in [0.2, 0.25) is 0 Å². The lowest BCUT2D eigenvalue weighted by Gasteiger charge is -2.09. The van der Waals surface area contributed by atoms with Gasteiger partial charge in [0, 0.05) is 18.3 Å². The molecular formula is C18H18N2O4. The lowest BCUT2D eigenvalue weighted by molar-refractivity contribution is -0.118. The van der Waals surface area contributed by atoms with Crippen molar-refractivity contribution in [2.24, 2.45) is 0 Å². The van der Waals surface area contributed by atoms with Gasteiger partial charge in [-0.1, -0.05) is 18.2 Å². The molecule has 1 heterocycles. The molecule has 0 aliphatic carbocycles. The summed E-state index contributed by atoms with van der Waals surface area (Å²) in [5.41, 5.74) is 2.67. The van der Waals surface area contributed by atoms with E-state index in [-0.39, 0.29) is 12.5 Å².